The predicted octanol–water partition coefficient (Wildman–Crippen LogP) is 2.59. The molecule has 0 unspecified atom stereocenters. The van der Waals surface area contributed by atoms with Crippen LogP contribution in [0.25, 0.3) is 0 Å². The van der Waals surface area contributed by atoms with Crippen LogP contribution in [0.3, 0.4) is 0 Å². The molecule has 1 aliphatic carbocycles. The molecule has 0 heterocycles. The van der Waals surface area contributed by atoms with Gasteiger partial charge in [-0.1, -0.05) is 23.7 Å². The Morgan fingerprint density at radius 2 is 2.24 bits per heavy atom. The molecule has 1 saturated carbocycles. The van der Waals surface area contributed by atoms with Crippen molar-refractivity contribution in [2.75, 3.05) is 13.1 Å². The third-order valence-corrected chi connectivity index (χ3v) is 3.16. The summed E-state index contributed by atoms with van der Waals surface area (Å²) >= 11 is 5.65. The molecule has 92 valence electrons. The van der Waals surface area contributed by atoms with Gasteiger partial charge in [-0.25, -0.2) is 4.39 Å². The van der Waals surface area contributed by atoms with E-state index in [2.05, 4.69) is 5.32 Å². The smallest absolute Gasteiger partial charge is 0.151 e. The van der Waals surface area contributed by atoms with Crippen molar-refractivity contribution in [1.29, 1.82) is 0 Å². The molecular formula is C13H15ClFNO. The first-order chi connectivity index (χ1) is 8.16. The van der Waals surface area contributed by atoms with Crippen molar-refractivity contribution in [3.63, 3.8) is 0 Å². The van der Waals surface area contributed by atoms with Crippen LogP contribution in [0, 0.1) is 11.7 Å². The number of benzene rings is 1. The normalized spacial score (nSPS) is 14.9. The first kappa shape index (κ1) is 12.5. The summed E-state index contributed by atoms with van der Waals surface area (Å²) in [6.45, 7) is 1.20. The Morgan fingerprint density at radius 3 is 2.94 bits per heavy atom. The molecule has 1 N–H and O–H groups in total. The lowest BCUT2D eigenvalue weighted by Gasteiger charge is -2.05. The second-order valence-corrected chi connectivity index (χ2v) is 4.91. The van der Waals surface area contributed by atoms with Crippen LogP contribution in [0.1, 0.15) is 18.4 Å². The molecule has 1 aliphatic rings. The highest BCUT2D eigenvalue weighted by atomic mass is 35.5. The van der Waals surface area contributed by atoms with Gasteiger partial charge in [-0.2, -0.15) is 0 Å². The van der Waals surface area contributed by atoms with Crippen LogP contribution in [-0.4, -0.2) is 18.9 Å². The van der Waals surface area contributed by atoms with Crippen LogP contribution in [0.15, 0.2) is 18.2 Å². The number of ketones is 1. The molecule has 0 aliphatic heterocycles. The lowest BCUT2D eigenvalue weighted by atomic mass is 10.1. The summed E-state index contributed by atoms with van der Waals surface area (Å²) in [5.74, 6) is 0.252. The second-order valence-electron chi connectivity index (χ2n) is 4.50. The highest BCUT2D eigenvalue weighted by molar-refractivity contribution is 6.30. The van der Waals surface area contributed by atoms with Gasteiger partial charge in [-0.15, -0.1) is 0 Å². The average Bonchev–Trinajstić information content (AvgIpc) is 3.09. The van der Waals surface area contributed by atoms with Gasteiger partial charge >= 0.3 is 0 Å². The first-order valence-electron chi connectivity index (χ1n) is 5.82. The fraction of sp³-hybridized carbons (Fsp3) is 0.462. The molecule has 0 saturated heterocycles. The van der Waals surface area contributed by atoms with E-state index in [1.54, 1.807) is 12.1 Å². The van der Waals surface area contributed by atoms with Crippen molar-refractivity contribution in [3.05, 3.63) is 34.6 Å². The maximum Gasteiger partial charge on any atom is 0.151 e. The summed E-state index contributed by atoms with van der Waals surface area (Å²) in [6, 6.07) is 4.74. The molecule has 0 bridgehead atoms. The summed E-state index contributed by atoms with van der Waals surface area (Å²) < 4.78 is 13.5. The summed E-state index contributed by atoms with van der Waals surface area (Å²) in [4.78, 5) is 11.6. The Bertz CT molecular complexity index is 418. The van der Waals surface area contributed by atoms with E-state index in [0.29, 0.717) is 12.1 Å². The van der Waals surface area contributed by atoms with Crippen LogP contribution in [-0.2, 0) is 11.2 Å². The zero-order valence-corrected chi connectivity index (χ0v) is 10.3. The van der Waals surface area contributed by atoms with Crippen molar-refractivity contribution in [3.8, 4) is 0 Å². The molecular weight excluding hydrogens is 241 g/mol. The Balaban J connectivity index is 1.82. The quantitative estimate of drug-likeness (QED) is 0.847. The Morgan fingerprint density at radius 1 is 1.47 bits per heavy atom. The third-order valence-electron chi connectivity index (χ3n) is 2.87. The van der Waals surface area contributed by atoms with E-state index in [4.69, 9.17) is 11.6 Å². The first-order valence-corrected chi connectivity index (χ1v) is 6.20. The number of carbonyl (C=O) groups excluding carboxylic acids is 1. The standard InChI is InChI=1S/C13H15ClFNO/c14-12-3-1-2-10(13(12)15)6-11(17)8-16-7-9-4-5-9/h1-3,9,16H,4-8H2. The van der Waals surface area contributed by atoms with E-state index in [1.807, 2.05) is 0 Å². The molecule has 4 heteroatoms. The predicted molar refractivity (Wildman–Crippen MR) is 65.7 cm³/mol. The fourth-order valence-electron chi connectivity index (χ4n) is 1.70. The maximum atomic E-state index is 13.5. The number of nitrogens with one attached hydrogen (secondary N) is 1. The van der Waals surface area contributed by atoms with E-state index >= 15 is 0 Å². The molecule has 1 fully saturated rings. The minimum atomic E-state index is -0.482. The van der Waals surface area contributed by atoms with E-state index in [0.717, 1.165) is 12.5 Å². The minimum Gasteiger partial charge on any atom is -0.310 e. The van der Waals surface area contributed by atoms with Crippen LogP contribution in [0.2, 0.25) is 5.02 Å². The molecule has 17 heavy (non-hydrogen) atoms. The van der Waals surface area contributed by atoms with Gasteiger partial charge in [0.1, 0.15) is 5.82 Å². The molecule has 0 atom stereocenters. The minimum absolute atomic E-state index is 0.00758. The van der Waals surface area contributed by atoms with Crippen LogP contribution in [0.4, 0.5) is 4.39 Å². The Hall–Kier alpha value is -0.930. The number of rotatable bonds is 6. The number of halogens is 2. The van der Waals surface area contributed by atoms with Crippen molar-refractivity contribution in [2.24, 2.45) is 5.92 Å². The van der Waals surface area contributed by atoms with Gasteiger partial charge in [0.15, 0.2) is 5.78 Å². The van der Waals surface area contributed by atoms with Crippen molar-refractivity contribution in [1.82, 2.24) is 5.32 Å². The summed E-state index contributed by atoms with van der Waals surface area (Å²) in [7, 11) is 0. The van der Waals surface area contributed by atoms with Crippen molar-refractivity contribution >= 4 is 17.4 Å². The van der Waals surface area contributed by atoms with Crippen molar-refractivity contribution < 1.29 is 9.18 Å². The van der Waals surface area contributed by atoms with Gasteiger partial charge in [0.05, 0.1) is 11.6 Å². The molecule has 1 aromatic rings. The molecule has 0 aromatic heterocycles. The summed E-state index contributed by atoms with van der Waals surface area (Å²) in [5.41, 5.74) is 0.371. The van der Waals surface area contributed by atoms with Gasteiger partial charge in [0.2, 0.25) is 0 Å². The zero-order chi connectivity index (χ0) is 12.3. The van der Waals surface area contributed by atoms with Crippen LogP contribution in [0.5, 0.6) is 0 Å². The fourth-order valence-corrected chi connectivity index (χ4v) is 1.89. The van der Waals surface area contributed by atoms with Gasteiger partial charge in [0.25, 0.3) is 0 Å². The molecule has 2 rings (SSSR count). The Kier molecular flexibility index (Phi) is 4.13. The maximum absolute atomic E-state index is 13.5. The second kappa shape index (κ2) is 5.61. The van der Waals surface area contributed by atoms with E-state index in [9.17, 15) is 9.18 Å². The van der Waals surface area contributed by atoms with E-state index < -0.39 is 5.82 Å². The van der Waals surface area contributed by atoms with Gasteiger partial charge in [-0.3, -0.25) is 4.79 Å². The topological polar surface area (TPSA) is 29.1 Å². The van der Waals surface area contributed by atoms with Gasteiger partial charge in [-0.05, 0) is 36.9 Å². The summed E-state index contributed by atoms with van der Waals surface area (Å²) in [5, 5.41) is 3.17. The zero-order valence-electron chi connectivity index (χ0n) is 9.51. The molecule has 0 amide bonds. The van der Waals surface area contributed by atoms with Gasteiger partial charge < -0.3 is 5.32 Å². The highest BCUT2D eigenvalue weighted by Crippen LogP contribution is 2.27. The molecule has 0 radical (unpaired) electrons. The largest absolute Gasteiger partial charge is 0.310 e. The monoisotopic (exact) mass is 255 g/mol. The van der Waals surface area contributed by atoms with Crippen LogP contribution < -0.4 is 5.32 Å². The molecule has 2 nitrogen and oxygen atoms in total. The number of carbonyl (C=O) groups is 1. The third kappa shape index (κ3) is 3.79. The number of Topliss-reactive ketones (excluding diaryl/α,β-unsaturated/α-hetero) is 1. The Labute approximate surface area is 105 Å². The SMILES string of the molecule is O=C(CNCC1CC1)Cc1cccc(Cl)c1F. The number of hydrogen-bond acceptors (Lipinski definition) is 2. The number of hydrogen-bond donors (Lipinski definition) is 1. The van der Waals surface area contributed by atoms with Gasteiger partial charge in [0, 0.05) is 6.42 Å². The molecule has 0 spiro atoms. The summed E-state index contributed by atoms with van der Waals surface area (Å²) in [6.07, 6.45) is 2.61. The molecule has 1 aromatic carbocycles. The van der Waals surface area contributed by atoms with Crippen LogP contribution >= 0.6 is 11.6 Å². The highest BCUT2D eigenvalue weighted by Gasteiger charge is 2.20. The van der Waals surface area contributed by atoms with E-state index in [1.165, 1.54) is 18.9 Å². The lowest BCUT2D eigenvalue weighted by Crippen LogP contribution is -2.26. The average molecular weight is 256 g/mol. The van der Waals surface area contributed by atoms with Crippen molar-refractivity contribution in [2.45, 2.75) is 19.3 Å². The lowest BCUT2D eigenvalue weighted by molar-refractivity contribution is -0.117. The van der Waals surface area contributed by atoms with E-state index in [-0.39, 0.29) is 17.2 Å².